The summed E-state index contributed by atoms with van der Waals surface area (Å²) in [5.74, 6) is 0.827. The van der Waals surface area contributed by atoms with Gasteiger partial charge in [0.2, 0.25) is 5.91 Å². The summed E-state index contributed by atoms with van der Waals surface area (Å²) in [6.07, 6.45) is 1.25. The number of hydrogen-bond acceptors (Lipinski definition) is 4. The number of aliphatic hydroxyl groups is 1. The summed E-state index contributed by atoms with van der Waals surface area (Å²) in [5.41, 5.74) is 0.910. The highest BCUT2D eigenvalue weighted by molar-refractivity contribution is 5.83. The molecule has 1 N–H and O–H groups in total. The number of carbonyl (C=O) groups excluding carboxylic acids is 1. The minimum Gasteiger partial charge on any atom is -0.391 e. The van der Waals surface area contributed by atoms with Crippen LogP contribution in [0.2, 0.25) is 0 Å². The second-order valence-corrected chi connectivity index (χ2v) is 6.41. The van der Waals surface area contributed by atoms with E-state index in [9.17, 15) is 9.90 Å². The Morgan fingerprint density at radius 2 is 2.24 bits per heavy atom. The molecule has 1 saturated heterocycles. The zero-order chi connectivity index (χ0) is 15.6. The van der Waals surface area contributed by atoms with Gasteiger partial charge >= 0.3 is 0 Å². The van der Waals surface area contributed by atoms with Crippen LogP contribution in [0.5, 0.6) is 0 Å². The van der Waals surface area contributed by atoms with Gasteiger partial charge in [0.1, 0.15) is 11.7 Å². The molecule has 2 rings (SSSR count). The summed E-state index contributed by atoms with van der Waals surface area (Å²) in [5, 5.41) is 13.7. The molecule has 1 aromatic rings. The molecular weight excluding hydrogens is 268 g/mol. The van der Waals surface area contributed by atoms with Crippen molar-refractivity contribution in [2.75, 3.05) is 13.1 Å². The van der Waals surface area contributed by atoms with E-state index in [1.54, 1.807) is 4.90 Å². The smallest absolute Gasteiger partial charge is 0.233 e. The fourth-order valence-electron chi connectivity index (χ4n) is 2.77. The molecule has 1 aromatic heterocycles. The molecule has 1 amide bonds. The molecule has 1 aliphatic rings. The Balaban J connectivity index is 2.19. The average molecular weight is 294 g/mol. The first-order chi connectivity index (χ1) is 9.93. The van der Waals surface area contributed by atoms with Crippen LogP contribution in [0.25, 0.3) is 0 Å². The van der Waals surface area contributed by atoms with E-state index < -0.39 is 6.10 Å². The van der Waals surface area contributed by atoms with Crippen molar-refractivity contribution in [1.82, 2.24) is 10.1 Å². The van der Waals surface area contributed by atoms with Crippen LogP contribution in [0, 0.1) is 5.92 Å². The number of β-amino-alcohol motifs (C(OH)–C–C–N with tert-alkyl or cyclic N) is 1. The average Bonchev–Trinajstić information content (AvgIpc) is 3.07. The quantitative estimate of drug-likeness (QED) is 0.906. The molecule has 5 heteroatoms. The maximum atomic E-state index is 12.7. The fourth-order valence-corrected chi connectivity index (χ4v) is 2.77. The van der Waals surface area contributed by atoms with E-state index in [0.717, 1.165) is 12.1 Å². The number of carbonyl (C=O) groups is 1. The molecule has 0 aromatic carbocycles. The van der Waals surface area contributed by atoms with Gasteiger partial charge in [-0.1, -0.05) is 32.9 Å². The molecule has 0 bridgehead atoms. The van der Waals surface area contributed by atoms with Gasteiger partial charge in [0.05, 0.1) is 11.8 Å². The van der Waals surface area contributed by atoms with Gasteiger partial charge in [-0.15, -0.1) is 0 Å². The van der Waals surface area contributed by atoms with Crippen LogP contribution in [0.1, 0.15) is 63.8 Å². The topological polar surface area (TPSA) is 66.6 Å². The lowest BCUT2D eigenvalue weighted by atomic mass is 9.91. The van der Waals surface area contributed by atoms with Gasteiger partial charge in [-0.3, -0.25) is 4.79 Å². The largest absolute Gasteiger partial charge is 0.391 e. The fraction of sp³-hybridized carbons (Fsp3) is 0.750. The number of rotatable bonds is 5. The van der Waals surface area contributed by atoms with Gasteiger partial charge in [0.15, 0.2) is 0 Å². The lowest BCUT2D eigenvalue weighted by Crippen LogP contribution is -2.35. The van der Waals surface area contributed by atoms with Gasteiger partial charge in [-0.25, -0.2) is 0 Å². The maximum Gasteiger partial charge on any atom is 0.233 e. The van der Waals surface area contributed by atoms with Crippen molar-refractivity contribution in [1.29, 1.82) is 0 Å². The van der Waals surface area contributed by atoms with Crippen LogP contribution in [0.4, 0.5) is 0 Å². The van der Waals surface area contributed by atoms with E-state index in [1.165, 1.54) is 0 Å². The van der Waals surface area contributed by atoms with Gasteiger partial charge in [0.25, 0.3) is 0 Å². The van der Waals surface area contributed by atoms with Crippen LogP contribution in [-0.4, -0.2) is 40.3 Å². The van der Waals surface area contributed by atoms with Crippen LogP contribution >= 0.6 is 0 Å². The Labute approximate surface area is 126 Å². The standard InChI is InChI=1S/C16H26N2O3/c1-5-11(4)13-8-14(21-17-13)15(10(2)3)16(20)18-7-6-12(19)9-18/h8,10-12,15,19H,5-7,9H2,1-4H3/t11?,12-,15?/m1/s1. The summed E-state index contributed by atoms with van der Waals surface area (Å²) in [6, 6.07) is 1.92. The first-order valence-electron chi connectivity index (χ1n) is 7.87. The van der Waals surface area contributed by atoms with E-state index >= 15 is 0 Å². The summed E-state index contributed by atoms with van der Waals surface area (Å²) < 4.78 is 5.46. The molecule has 0 saturated carbocycles. The Morgan fingerprint density at radius 1 is 1.52 bits per heavy atom. The molecule has 1 fully saturated rings. The second kappa shape index (κ2) is 6.60. The van der Waals surface area contributed by atoms with Crippen LogP contribution < -0.4 is 0 Å². The molecule has 1 aliphatic heterocycles. The van der Waals surface area contributed by atoms with Crippen molar-refractivity contribution < 1.29 is 14.4 Å². The van der Waals surface area contributed by atoms with E-state index in [1.807, 2.05) is 19.9 Å². The van der Waals surface area contributed by atoms with Crippen molar-refractivity contribution in [3.63, 3.8) is 0 Å². The second-order valence-electron chi connectivity index (χ2n) is 6.41. The number of aromatic nitrogens is 1. The first kappa shape index (κ1) is 16.0. The van der Waals surface area contributed by atoms with Crippen LogP contribution in [-0.2, 0) is 4.79 Å². The molecule has 0 radical (unpaired) electrons. The third-order valence-electron chi connectivity index (χ3n) is 4.38. The summed E-state index contributed by atoms with van der Waals surface area (Å²) in [7, 11) is 0. The Morgan fingerprint density at radius 3 is 2.76 bits per heavy atom. The van der Waals surface area contributed by atoms with Crippen molar-refractivity contribution in [2.45, 2.75) is 58.5 Å². The van der Waals surface area contributed by atoms with Gasteiger partial charge in [-0.2, -0.15) is 0 Å². The third kappa shape index (κ3) is 3.46. The third-order valence-corrected chi connectivity index (χ3v) is 4.38. The summed E-state index contributed by atoms with van der Waals surface area (Å²) in [4.78, 5) is 14.4. The number of likely N-dealkylation sites (tertiary alicyclic amines) is 1. The maximum absolute atomic E-state index is 12.7. The minimum absolute atomic E-state index is 0.0356. The molecule has 21 heavy (non-hydrogen) atoms. The number of amides is 1. The van der Waals surface area contributed by atoms with E-state index in [0.29, 0.717) is 31.2 Å². The molecule has 118 valence electrons. The molecule has 5 nitrogen and oxygen atoms in total. The molecule has 2 heterocycles. The van der Waals surface area contributed by atoms with Gasteiger partial charge in [-0.05, 0) is 18.8 Å². The molecule has 2 unspecified atom stereocenters. The normalized spacial score (nSPS) is 21.8. The number of nitrogens with zero attached hydrogens (tertiary/aromatic N) is 2. The summed E-state index contributed by atoms with van der Waals surface area (Å²) >= 11 is 0. The van der Waals surface area contributed by atoms with E-state index in [4.69, 9.17) is 4.52 Å². The predicted octanol–water partition coefficient (Wildman–Crippen LogP) is 2.52. The van der Waals surface area contributed by atoms with Gasteiger partial charge < -0.3 is 14.5 Å². The summed E-state index contributed by atoms with van der Waals surface area (Å²) in [6.45, 7) is 9.28. The minimum atomic E-state index is -0.396. The SMILES string of the molecule is CCC(C)c1cc(C(C(=O)N2CC[C@@H](O)C2)C(C)C)on1. The van der Waals surface area contributed by atoms with Crippen LogP contribution in [0.15, 0.2) is 10.6 Å². The Kier molecular flexibility index (Phi) is 5.04. The highest BCUT2D eigenvalue weighted by Crippen LogP contribution is 2.30. The first-order valence-corrected chi connectivity index (χ1v) is 7.87. The highest BCUT2D eigenvalue weighted by atomic mass is 16.5. The zero-order valence-electron chi connectivity index (χ0n) is 13.4. The highest BCUT2D eigenvalue weighted by Gasteiger charge is 2.35. The van der Waals surface area contributed by atoms with Crippen molar-refractivity contribution >= 4 is 5.91 Å². The lowest BCUT2D eigenvalue weighted by Gasteiger charge is -2.23. The molecule has 0 spiro atoms. The van der Waals surface area contributed by atoms with E-state index in [2.05, 4.69) is 19.0 Å². The molecule has 3 atom stereocenters. The Hall–Kier alpha value is -1.36. The van der Waals surface area contributed by atoms with Crippen molar-refractivity contribution in [3.8, 4) is 0 Å². The zero-order valence-corrected chi connectivity index (χ0v) is 13.4. The molecular formula is C16H26N2O3. The van der Waals surface area contributed by atoms with Crippen molar-refractivity contribution in [3.05, 3.63) is 17.5 Å². The Bertz CT molecular complexity index is 484. The lowest BCUT2D eigenvalue weighted by molar-refractivity contribution is -0.133. The van der Waals surface area contributed by atoms with E-state index in [-0.39, 0.29) is 17.7 Å². The monoisotopic (exact) mass is 294 g/mol. The number of aliphatic hydroxyl groups excluding tert-OH is 1. The van der Waals surface area contributed by atoms with Crippen LogP contribution in [0.3, 0.4) is 0 Å². The predicted molar refractivity (Wildman–Crippen MR) is 80.0 cm³/mol. The van der Waals surface area contributed by atoms with Crippen molar-refractivity contribution in [2.24, 2.45) is 5.92 Å². The van der Waals surface area contributed by atoms with Gasteiger partial charge in [0, 0.05) is 25.1 Å². The molecule has 0 aliphatic carbocycles. The number of hydrogen-bond donors (Lipinski definition) is 1.